The summed E-state index contributed by atoms with van der Waals surface area (Å²) >= 11 is 0. The molecule has 0 N–H and O–H groups in total. The molecule has 0 aliphatic heterocycles. The van der Waals surface area contributed by atoms with Crippen LogP contribution in [-0.4, -0.2) is 14.7 Å². The molecule has 0 saturated heterocycles. The van der Waals surface area contributed by atoms with Crippen molar-refractivity contribution in [3.05, 3.63) is 22.0 Å². The molecule has 0 spiro atoms. The lowest BCUT2D eigenvalue weighted by atomic mass is 9.53. The third kappa shape index (κ3) is 1.56. The number of rotatable bonds is 2. The molecule has 5 heteroatoms. The van der Waals surface area contributed by atoms with Crippen molar-refractivity contribution in [3.63, 3.8) is 0 Å². The van der Waals surface area contributed by atoms with Crippen LogP contribution in [0.2, 0.25) is 0 Å². The summed E-state index contributed by atoms with van der Waals surface area (Å²) < 4.78 is 1.96. The van der Waals surface area contributed by atoms with Crippen molar-refractivity contribution in [1.82, 2.24) is 9.78 Å². The zero-order valence-corrected chi connectivity index (χ0v) is 11.2. The lowest BCUT2D eigenvalue weighted by Crippen LogP contribution is -2.52. The van der Waals surface area contributed by atoms with Gasteiger partial charge in [0.1, 0.15) is 11.9 Å². The lowest BCUT2D eigenvalue weighted by Gasteiger charge is -2.56. The van der Waals surface area contributed by atoms with Crippen LogP contribution in [0.15, 0.2) is 6.20 Å². The van der Waals surface area contributed by atoms with Crippen LogP contribution in [0.5, 0.6) is 0 Å². The van der Waals surface area contributed by atoms with E-state index in [1.54, 1.807) is 13.1 Å². The molecule has 102 valence electrons. The van der Waals surface area contributed by atoms with Crippen molar-refractivity contribution < 1.29 is 4.92 Å². The molecule has 0 radical (unpaired) electrons. The molecule has 4 fully saturated rings. The van der Waals surface area contributed by atoms with Gasteiger partial charge in [-0.25, -0.2) is 0 Å². The van der Waals surface area contributed by atoms with E-state index >= 15 is 0 Å². The van der Waals surface area contributed by atoms with Crippen molar-refractivity contribution in [2.45, 2.75) is 51.0 Å². The second kappa shape index (κ2) is 3.58. The smallest absolute Gasteiger partial charge is 0.259 e. The van der Waals surface area contributed by atoms with Gasteiger partial charge in [-0.1, -0.05) is 0 Å². The second-order valence-corrected chi connectivity index (χ2v) is 6.94. The van der Waals surface area contributed by atoms with Crippen LogP contribution in [0.4, 0.5) is 5.69 Å². The van der Waals surface area contributed by atoms with E-state index in [9.17, 15) is 10.1 Å². The number of aryl methyl sites for hydroxylation is 1. The third-order valence-corrected chi connectivity index (χ3v) is 5.56. The summed E-state index contributed by atoms with van der Waals surface area (Å²) in [4.78, 5) is 10.7. The maximum Gasteiger partial charge on any atom is 0.309 e. The Morgan fingerprint density at radius 1 is 1.26 bits per heavy atom. The molecular formula is C14H19N3O2. The number of nitrogens with zero attached hydrogens (tertiary/aromatic N) is 3. The van der Waals surface area contributed by atoms with E-state index in [1.807, 2.05) is 4.68 Å². The van der Waals surface area contributed by atoms with Crippen LogP contribution in [0.25, 0.3) is 0 Å². The summed E-state index contributed by atoms with van der Waals surface area (Å²) in [5.41, 5.74) is 0.824. The molecule has 0 amide bonds. The molecule has 4 saturated carbocycles. The van der Waals surface area contributed by atoms with E-state index in [0.717, 1.165) is 17.8 Å². The first-order chi connectivity index (χ1) is 9.06. The number of aromatic nitrogens is 2. The minimum absolute atomic E-state index is 0.0910. The van der Waals surface area contributed by atoms with Crippen LogP contribution in [-0.2, 0) is 5.54 Å². The molecule has 1 aromatic heterocycles. The van der Waals surface area contributed by atoms with E-state index in [0.29, 0.717) is 5.69 Å². The van der Waals surface area contributed by atoms with E-state index < -0.39 is 0 Å². The molecule has 1 heterocycles. The zero-order valence-electron chi connectivity index (χ0n) is 11.2. The fourth-order valence-electron chi connectivity index (χ4n) is 5.22. The molecule has 5 nitrogen and oxygen atoms in total. The molecule has 5 rings (SSSR count). The molecule has 4 aliphatic rings. The monoisotopic (exact) mass is 261 g/mol. The Hall–Kier alpha value is -1.39. The Bertz CT molecular complexity index is 514. The largest absolute Gasteiger partial charge is 0.309 e. The van der Waals surface area contributed by atoms with Crippen molar-refractivity contribution in [1.29, 1.82) is 0 Å². The number of hydrogen-bond acceptors (Lipinski definition) is 3. The van der Waals surface area contributed by atoms with Crippen LogP contribution in [0, 0.1) is 34.8 Å². The van der Waals surface area contributed by atoms with Gasteiger partial charge in [-0.3, -0.25) is 14.8 Å². The maximum absolute atomic E-state index is 11.0. The average molecular weight is 261 g/mol. The van der Waals surface area contributed by atoms with Crippen LogP contribution >= 0.6 is 0 Å². The normalized spacial score (nSPS) is 39.7. The predicted octanol–water partition coefficient (Wildman–Crippen LogP) is 3.03. The molecule has 4 aliphatic carbocycles. The highest BCUT2D eigenvalue weighted by molar-refractivity contribution is 5.32. The Labute approximate surface area is 112 Å². The lowest BCUT2D eigenvalue weighted by molar-refractivity contribution is -0.385. The molecule has 0 atom stereocenters. The van der Waals surface area contributed by atoms with Gasteiger partial charge in [-0.2, -0.15) is 5.10 Å². The van der Waals surface area contributed by atoms with Gasteiger partial charge in [0.25, 0.3) is 0 Å². The second-order valence-electron chi connectivity index (χ2n) is 6.94. The minimum Gasteiger partial charge on any atom is -0.259 e. The van der Waals surface area contributed by atoms with Crippen molar-refractivity contribution in [3.8, 4) is 0 Å². The highest BCUT2D eigenvalue weighted by atomic mass is 16.6. The Kier molecular flexibility index (Phi) is 2.16. The van der Waals surface area contributed by atoms with Gasteiger partial charge in [0.05, 0.1) is 10.5 Å². The van der Waals surface area contributed by atoms with Gasteiger partial charge in [-0.15, -0.1) is 0 Å². The van der Waals surface area contributed by atoms with Gasteiger partial charge < -0.3 is 0 Å². The first-order valence-corrected chi connectivity index (χ1v) is 7.27. The molecular weight excluding hydrogens is 242 g/mol. The molecule has 0 unspecified atom stereocenters. The SMILES string of the molecule is Cc1nn(C23CC4CC(CC(C4)C2)C3)cc1[N+](=O)[O-]. The van der Waals surface area contributed by atoms with E-state index in [1.165, 1.54) is 38.5 Å². The third-order valence-electron chi connectivity index (χ3n) is 5.56. The summed E-state index contributed by atoms with van der Waals surface area (Å²) in [7, 11) is 0. The molecule has 0 aromatic carbocycles. The fraction of sp³-hybridized carbons (Fsp3) is 0.786. The zero-order chi connectivity index (χ0) is 13.2. The summed E-state index contributed by atoms with van der Waals surface area (Å²) in [6, 6.07) is 0. The van der Waals surface area contributed by atoms with Crippen molar-refractivity contribution >= 4 is 5.69 Å². The van der Waals surface area contributed by atoms with Crippen molar-refractivity contribution in [2.75, 3.05) is 0 Å². The first kappa shape index (κ1) is 11.4. The van der Waals surface area contributed by atoms with Gasteiger partial charge in [0.2, 0.25) is 0 Å². The number of hydrogen-bond donors (Lipinski definition) is 0. The van der Waals surface area contributed by atoms with Crippen molar-refractivity contribution in [2.24, 2.45) is 17.8 Å². The Balaban J connectivity index is 1.75. The quantitative estimate of drug-likeness (QED) is 0.607. The molecule has 19 heavy (non-hydrogen) atoms. The van der Waals surface area contributed by atoms with Gasteiger partial charge in [0.15, 0.2) is 0 Å². The first-order valence-electron chi connectivity index (χ1n) is 7.27. The molecule has 1 aromatic rings. The Morgan fingerprint density at radius 3 is 2.21 bits per heavy atom. The highest BCUT2D eigenvalue weighted by Gasteiger charge is 2.52. The highest BCUT2D eigenvalue weighted by Crippen LogP contribution is 2.58. The Morgan fingerprint density at radius 2 is 1.79 bits per heavy atom. The summed E-state index contributed by atoms with van der Waals surface area (Å²) in [6.07, 6.45) is 9.35. The molecule has 4 bridgehead atoms. The summed E-state index contributed by atoms with van der Waals surface area (Å²) in [5, 5.41) is 15.5. The number of nitro groups is 1. The van der Waals surface area contributed by atoms with E-state index in [4.69, 9.17) is 0 Å². The predicted molar refractivity (Wildman–Crippen MR) is 69.8 cm³/mol. The maximum atomic E-state index is 11.0. The summed E-state index contributed by atoms with van der Waals surface area (Å²) in [6.45, 7) is 1.75. The van der Waals surface area contributed by atoms with Crippen LogP contribution in [0.3, 0.4) is 0 Å². The van der Waals surface area contributed by atoms with Crippen LogP contribution in [0.1, 0.15) is 44.2 Å². The van der Waals surface area contributed by atoms with E-state index in [2.05, 4.69) is 5.10 Å². The standard InChI is InChI=1S/C14H19N3O2/c1-9-13(17(18)19)8-16(15-9)14-5-10-2-11(6-14)4-12(3-10)7-14/h8,10-12H,2-7H2,1H3. The average Bonchev–Trinajstić information content (AvgIpc) is 2.70. The minimum atomic E-state index is -0.306. The van der Waals surface area contributed by atoms with Crippen LogP contribution < -0.4 is 0 Å². The fourth-order valence-corrected chi connectivity index (χ4v) is 5.22. The summed E-state index contributed by atoms with van der Waals surface area (Å²) in [5.74, 6) is 2.49. The van der Waals surface area contributed by atoms with Gasteiger partial charge in [-0.05, 0) is 63.2 Å². The van der Waals surface area contributed by atoms with Gasteiger partial charge >= 0.3 is 5.69 Å². The van der Waals surface area contributed by atoms with Gasteiger partial charge in [0, 0.05) is 0 Å². The van der Waals surface area contributed by atoms with E-state index in [-0.39, 0.29) is 16.1 Å². The topological polar surface area (TPSA) is 61.0 Å².